The van der Waals surface area contributed by atoms with Crippen molar-refractivity contribution in [3.8, 4) is 34.4 Å². The second-order valence-electron chi connectivity index (χ2n) is 6.82. The van der Waals surface area contributed by atoms with E-state index in [1.165, 1.54) is 13.2 Å². The van der Waals surface area contributed by atoms with Gasteiger partial charge in [0.05, 0.1) is 7.11 Å². The topological polar surface area (TPSA) is 104 Å². The maximum atomic E-state index is 14.4. The molecular formula is C23H22F2N2O5. The number of benzene rings is 2. The number of nitrogens with zero attached hydrogens (tertiary/aromatic N) is 1. The molecule has 0 amide bonds. The highest BCUT2D eigenvalue weighted by Crippen LogP contribution is 2.34. The van der Waals surface area contributed by atoms with Gasteiger partial charge in [-0.2, -0.15) is 4.98 Å². The molecule has 9 heteroatoms. The average molecular weight is 444 g/mol. The maximum absolute atomic E-state index is 14.4. The van der Waals surface area contributed by atoms with Crippen molar-refractivity contribution in [1.29, 1.82) is 0 Å². The summed E-state index contributed by atoms with van der Waals surface area (Å²) in [4.78, 5) is 14.9. The van der Waals surface area contributed by atoms with Crippen molar-refractivity contribution < 1.29 is 32.9 Å². The third-order valence-electron chi connectivity index (χ3n) is 4.59. The average Bonchev–Trinajstić information content (AvgIpc) is 2.79. The molecule has 0 fully saturated rings. The molecule has 1 heterocycles. The SMILES string of the molecule is CC[C@@H](Oc1nc(Oc2cc(OC)cc(-c3cccc(CN)c3)c2)c(F)cc1F)C(=O)O. The Morgan fingerprint density at radius 2 is 1.78 bits per heavy atom. The number of hydrogen-bond acceptors (Lipinski definition) is 6. The van der Waals surface area contributed by atoms with Gasteiger partial charge in [0.2, 0.25) is 0 Å². The lowest BCUT2D eigenvalue weighted by molar-refractivity contribution is -0.145. The lowest BCUT2D eigenvalue weighted by Crippen LogP contribution is -2.26. The van der Waals surface area contributed by atoms with Crippen molar-refractivity contribution in [2.24, 2.45) is 5.73 Å². The van der Waals surface area contributed by atoms with Crippen molar-refractivity contribution in [1.82, 2.24) is 4.98 Å². The van der Waals surface area contributed by atoms with E-state index in [0.717, 1.165) is 11.1 Å². The fourth-order valence-corrected chi connectivity index (χ4v) is 2.94. The zero-order chi connectivity index (χ0) is 23.3. The summed E-state index contributed by atoms with van der Waals surface area (Å²) in [5.74, 6) is -4.14. The van der Waals surface area contributed by atoms with E-state index in [9.17, 15) is 13.6 Å². The summed E-state index contributed by atoms with van der Waals surface area (Å²) in [6.45, 7) is 1.92. The zero-order valence-electron chi connectivity index (χ0n) is 17.5. The first-order valence-electron chi connectivity index (χ1n) is 9.76. The van der Waals surface area contributed by atoms with Crippen LogP contribution in [0.1, 0.15) is 18.9 Å². The number of pyridine rings is 1. The predicted molar refractivity (Wildman–Crippen MR) is 113 cm³/mol. The van der Waals surface area contributed by atoms with Gasteiger partial charge in [-0.3, -0.25) is 0 Å². The summed E-state index contributed by atoms with van der Waals surface area (Å²) >= 11 is 0. The zero-order valence-corrected chi connectivity index (χ0v) is 17.5. The standard InChI is InChI=1S/C23H22F2N2O5/c1-3-20(23(28)29)32-22-19(25)11-18(24)21(27-22)31-17-9-15(8-16(10-17)30-2)14-6-4-5-13(7-14)12-26/h4-11,20H,3,12,26H2,1-2H3,(H,28,29)/t20-/m1/s1. The largest absolute Gasteiger partial charge is 0.497 e. The van der Waals surface area contributed by atoms with Gasteiger partial charge in [-0.05, 0) is 41.3 Å². The van der Waals surface area contributed by atoms with Crippen molar-refractivity contribution in [2.75, 3.05) is 7.11 Å². The highest BCUT2D eigenvalue weighted by molar-refractivity contribution is 5.72. The first-order chi connectivity index (χ1) is 15.3. The van der Waals surface area contributed by atoms with E-state index in [4.69, 9.17) is 25.1 Å². The molecule has 3 rings (SSSR count). The van der Waals surface area contributed by atoms with Crippen molar-refractivity contribution >= 4 is 5.97 Å². The van der Waals surface area contributed by atoms with Gasteiger partial charge in [-0.15, -0.1) is 0 Å². The number of hydrogen-bond donors (Lipinski definition) is 2. The predicted octanol–water partition coefficient (Wildman–Crippen LogP) is 4.53. The van der Waals surface area contributed by atoms with Gasteiger partial charge >= 0.3 is 5.97 Å². The van der Waals surface area contributed by atoms with E-state index in [1.807, 2.05) is 24.3 Å². The second kappa shape index (κ2) is 10.1. The van der Waals surface area contributed by atoms with E-state index >= 15 is 0 Å². The van der Waals surface area contributed by atoms with Gasteiger partial charge in [0, 0.05) is 18.7 Å². The molecule has 0 radical (unpaired) electrons. The molecule has 1 aromatic heterocycles. The number of rotatable bonds is 9. The third kappa shape index (κ3) is 5.30. The van der Waals surface area contributed by atoms with E-state index < -0.39 is 35.5 Å². The smallest absolute Gasteiger partial charge is 0.344 e. The minimum atomic E-state index is -1.34. The molecule has 0 bridgehead atoms. The van der Waals surface area contributed by atoms with E-state index in [0.29, 0.717) is 23.9 Å². The van der Waals surface area contributed by atoms with E-state index in [-0.39, 0.29) is 12.2 Å². The van der Waals surface area contributed by atoms with Crippen molar-refractivity contribution in [3.63, 3.8) is 0 Å². The Morgan fingerprint density at radius 1 is 1.06 bits per heavy atom. The van der Waals surface area contributed by atoms with Gasteiger partial charge < -0.3 is 25.1 Å². The molecule has 7 nitrogen and oxygen atoms in total. The maximum Gasteiger partial charge on any atom is 0.344 e. The Morgan fingerprint density at radius 3 is 2.44 bits per heavy atom. The first kappa shape index (κ1) is 23.0. The molecule has 2 aromatic carbocycles. The van der Waals surface area contributed by atoms with Crippen molar-refractivity contribution in [3.05, 3.63) is 65.7 Å². The molecule has 3 N–H and O–H groups in total. The normalized spacial score (nSPS) is 11.7. The summed E-state index contributed by atoms with van der Waals surface area (Å²) in [6.07, 6.45) is -1.28. The molecule has 0 aliphatic heterocycles. The van der Waals surface area contributed by atoms with Crippen LogP contribution < -0.4 is 19.9 Å². The Hall–Kier alpha value is -3.72. The number of methoxy groups -OCH3 is 1. The van der Waals surface area contributed by atoms with Crippen LogP contribution in [0.4, 0.5) is 8.78 Å². The second-order valence-corrected chi connectivity index (χ2v) is 6.82. The number of halogens is 2. The number of aliphatic carboxylic acids is 1. The highest BCUT2D eigenvalue weighted by atomic mass is 19.1. The molecule has 0 spiro atoms. The molecule has 32 heavy (non-hydrogen) atoms. The fraction of sp³-hybridized carbons (Fsp3) is 0.217. The Kier molecular flexibility index (Phi) is 7.21. The molecule has 1 atom stereocenters. The Labute approximate surface area is 183 Å². The number of carboxylic acid groups (broad SMARTS) is 1. The highest BCUT2D eigenvalue weighted by Gasteiger charge is 2.22. The summed E-state index contributed by atoms with van der Waals surface area (Å²) in [5.41, 5.74) is 8.18. The molecule has 0 aliphatic carbocycles. The van der Waals surface area contributed by atoms with Crippen LogP contribution in [0.25, 0.3) is 11.1 Å². The molecule has 0 aliphatic rings. The summed E-state index contributed by atoms with van der Waals surface area (Å²) in [7, 11) is 1.47. The third-order valence-corrected chi connectivity index (χ3v) is 4.59. The van der Waals surface area contributed by atoms with Gasteiger partial charge in [0.1, 0.15) is 11.5 Å². The number of carbonyl (C=O) groups is 1. The lowest BCUT2D eigenvalue weighted by Gasteiger charge is -2.15. The van der Waals surface area contributed by atoms with Crippen LogP contribution in [0.15, 0.2) is 48.5 Å². The van der Waals surface area contributed by atoms with E-state index in [1.54, 1.807) is 19.1 Å². The number of aromatic nitrogens is 1. The molecule has 3 aromatic rings. The molecule has 168 valence electrons. The minimum absolute atomic E-state index is 0.0606. The van der Waals surface area contributed by atoms with Crippen LogP contribution in [0.5, 0.6) is 23.3 Å². The van der Waals surface area contributed by atoms with Gasteiger partial charge in [0.25, 0.3) is 11.8 Å². The quantitative estimate of drug-likeness (QED) is 0.500. The Balaban J connectivity index is 1.97. The van der Waals surface area contributed by atoms with Crippen LogP contribution >= 0.6 is 0 Å². The van der Waals surface area contributed by atoms with Crippen LogP contribution in [0.2, 0.25) is 0 Å². The number of carboxylic acids is 1. The number of ether oxygens (including phenoxy) is 3. The fourth-order valence-electron chi connectivity index (χ4n) is 2.94. The lowest BCUT2D eigenvalue weighted by atomic mass is 10.0. The van der Waals surface area contributed by atoms with Crippen LogP contribution in [-0.4, -0.2) is 29.3 Å². The molecule has 0 saturated carbocycles. The number of nitrogens with two attached hydrogens (primary N) is 1. The van der Waals surface area contributed by atoms with Crippen LogP contribution in [-0.2, 0) is 11.3 Å². The van der Waals surface area contributed by atoms with E-state index in [2.05, 4.69) is 4.98 Å². The minimum Gasteiger partial charge on any atom is -0.497 e. The van der Waals surface area contributed by atoms with Crippen LogP contribution in [0.3, 0.4) is 0 Å². The van der Waals surface area contributed by atoms with Gasteiger partial charge in [-0.1, -0.05) is 25.1 Å². The van der Waals surface area contributed by atoms with Gasteiger partial charge in [-0.25, -0.2) is 13.6 Å². The molecule has 0 unspecified atom stereocenters. The summed E-state index contributed by atoms with van der Waals surface area (Å²) in [6, 6.07) is 13.0. The first-order valence-corrected chi connectivity index (χ1v) is 9.76. The van der Waals surface area contributed by atoms with Crippen molar-refractivity contribution in [2.45, 2.75) is 26.0 Å². The molecular weight excluding hydrogens is 422 g/mol. The summed E-state index contributed by atoms with van der Waals surface area (Å²) in [5, 5.41) is 9.12. The Bertz CT molecular complexity index is 1120. The summed E-state index contributed by atoms with van der Waals surface area (Å²) < 4.78 is 44.4. The molecule has 0 saturated heterocycles. The van der Waals surface area contributed by atoms with Crippen LogP contribution in [0, 0.1) is 11.6 Å². The van der Waals surface area contributed by atoms with Gasteiger partial charge in [0.15, 0.2) is 17.7 Å². The monoisotopic (exact) mass is 444 g/mol.